The number of nitrogens with two attached hydrogens (primary N) is 1. The molecule has 108 valence electrons. The van der Waals surface area contributed by atoms with Gasteiger partial charge in [-0.1, -0.05) is 19.1 Å². The van der Waals surface area contributed by atoms with Crippen LogP contribution in [0.4, 0.5) is 0 Å². The van der Waals surface area contributed by atoms with E-state index in [-0.39, 0.29) is 6.04 Å². The number of rotatable bonds is 5. The Labute approximate surface area is 141 Å². The van der Waals surface area contributed by atoms with Crippen molar-refractivity contribution in [1.82, 2.24) is 15.2 Å². The second-order valence-electron chi connectivity index (χ2n) is 4.66. The standard InChI is InChI=1S/C14H18BrIN4/c1-3-11-14(15)13(20(2)19-11)8-12(18-17)9-5-4-6-10(16)7-9/h4-7,12,18H,3,8,17H2,1-2H3. The predicted molar refractivity (Wildman–Crippen MR) is 93.2 cm³/mol. The van der Waals surface area contributed by atoms with E-state index in [9.17, 15) is 0 Å². The molecule has 0 fully saturated rings. The minimum Gasteiger partial charge on any atom is -0.271 e. The van der Waals surface area contributed by atoms with E-state index in [0.717, 1.165) is 28.7 Å². The average Bonchev–Trinajstić information content (AvgIpc) is 2.71. The van der Waals surface area contributed by atoms with Gasteiger partial charge in [-0.15, -0.1) is 0 Å². The van der Waals surface area contributed by atoms with E-state index in [0.29, 0.717) is 0 Å². The number of nitrogens with zero attached hydrogens (tertiary/aromatic N) is 2. The fourth-order valence-electron chi connectivity index (χ4n) is 2.23. The molecule has 6 heteroatoms. The van der Waals surface area contributed by atoms with Gasteiger partial charge >= 0.3 is 0 Å². The second kappa shape index (κ2) is 7.02. The lowest BCUT2D eigenvalue weighted by Gasteiger charge is -2.17. The van der Waals surface area contributed by atoms with Gasteiger partial charge in [0, 0.05) is 17.0 Å². The molecule has 20 heavy (non-hydrogen) atoms. The van der Waals surface area contributed by atoms with Crippen LogP contribution in [-0.4, -0.2) is 9.78 Å². The highest BCUT2D eigenvalue weighted by Crippen LogP contribution is 2.27. The van der Waals surface area contributed by atoms with Crippen molar-refractivity contribution in [2.75, 3.05) is 0 Å². The largest absolute Gasteiger partial charge is 0.271 e. The molecular weight excluding hydrogens is 431 g/mol. The number of hydrazine groups is 1. The van der Waals surface area contributed by atoms with Crippen LogP contribution in [0.3, 0.4) is 0 Å². The van der Waals surface area contributed by atoms with E-state index >= 15 is 0 Å². The minimum atomic E-state index is 0.0705. The Kier molecular flexibility index (Phi) is 5.59. The monoisotopic (exact) mass is 448 g/mol. The Morgan fingerprint density at radius 3 is 2.80 bits per heavy atom. The molecule has 1 atom stereocenters. The number of aromatic nitrogens is 2. The lowest BCUT2D eigenvalue weighted by Crippen LogP contribution is -2.30. The topological polar surface area (TPSA) is 55.9 Å². The molecule has 0 aliphatic rings. The normalized spacial score (nSPS) is 12.7. The molecule has 2 rings (SSSR count). The van der Waals surface area contributed by atoms with Gasteiger partial charge in [-0.05, 0) is 62.6 Å². The molecule has 0 aliphatic heterocycles. The van der Waals surface area contributed by atoms with Crippen LogP contribution in [0.5, 0.6) is 0 Å². The van der Waals surface area contributed by atoms with Gasteiger partial charge in [-0.3, -0.25) is 16.0 Å². The molecule has 0 bridgehead atoms. The van der Waals surface area contributed by atoms with E-state index in [1.807, 2.05) is 11.7 Å². The van der Waals surface area contributed by atoms with Crippen LogP contribution in [0.15, 0.2) is 28.7 Å². The van der Waals surface area contributed by atoms with Crippen LogP contribution in [-0.2, 0) is 19.9 Å². The van der Waals surface area contributed by atoms with Crippen LogP contribution in [0, 0.1) is 3.57 Å². The Hall–Kier alpha value is -0.440. The lowest BCUT2D eigenvalue weighted by molar-refractivity contribution is 0.528. The Bertz CT molecular complexity index is 597. The number of halogens is 2. The maximum Gasteiger partial charge on any atom is 0.0766 e. The molecule has 0 aliphatic carbocycles. The summed E-state index contributed by atoms with van der Waals surface area (Å²) < 4.78 is 4.23. The number of benzene rings is 1. The van der Waals surface area contributed by atoms with E-state index in [1.165, 1.54) is 9.13 Å². The van der Waals surface area contributed by atoms with Crippen molar-refractivity contribution in [3.8, 4) is 0 Å². The predicted octanol–water partition coefficient (Wildman–Crippen LogP) is 3.10. The van der Waals surface area contributed by atoms with Crippen molar-refractivity contribution in [2.45, 2.75) is 25.8 Å². The maximum absolute atomic E-state index is 5.74. The maximum atomic E-state index is 5.74. The molecule has 1 aromatic heterocycles. The highest BCUT2D eigenvalue weighted by molar-refractivity contribution is 14.1. The van der Waals surface area contributed by atoms with Gasteiger partial charge < -0.3 is 0 Å². The van der Waals surface area contributed by atoms with Crippen LogP contribution < -0.4 is 11.3 Å². The van der Waals surface area contributed by atoms with Gasteiger partial charge in [-0.2, -0.15) is 5.10 Å². The summed E-state index contributed by atoms with van der Waals surface area (Å²) in [6, 6.07) is 8.44. The highest BCUT2D eigenvalue weighted by atomic mass is 127. The van der Waals surface area contributed by atoms with Crippen LogP contribution >= 0.6 is 38.5 Å². The molecule has 3 N–H and O–H groups in total. The first-order valence-corrected chi connectivity index (χ1v) is 8.35. The van der Waals surface area contributed by atoms with Crippen molar-refractivity contribution < 1.29 is 0 Å². The first kappa shape index (κ1) is 15.9. The van der Waals surface area contributed by atoms with Crippen LogP contribution in [0.25, 0.3) is 0 Å². The first-order valence-electron chi connectivity index (χ1n) is 6.48. The van der Waals surface area contributed by atoms with E-state index in [4.69, 9.17) is 5.84 Å². The minimum absolute atomic E-state index is 0.0705. The van der Waals surface area contributed by atoms with E-state index in [2.05, 4.69) is 80.2 Å². The summed E-state index contributed by atoms with van der Waals surface area (Å²) in [4.78, 5) is 0. The summed E-state index contributed by atoms with van der Waals surface area (Å²) >= 11 is 5.97. The van der Waals surface area contributed by atoms with E-state index in [1.54, 1.807) is 0 Å². The smallest absolute Gasteiger partial charge is 0.0766 e. The fraction of sp³-hybridized carbons (Fsp3) is 0.357. The quantitative estimate of drug-likeness (QED) is 0.419. The molecular formula is C14H18BrIN4. The summed E-state index contributed by atoms with van der Waals surface area (Å²) in [5, 5.41) is 4.53. The summed E-state index contributed by atoms with van der Waals surface area (Å²) in [5.41, 5.74) is 6.34. The van der Waals surface area contributed by atoms with Crippen molar-refractivity contribution in [1.29, 1.82) is 0 Å². The third-order valence-corrected chi connectivity index (χ3v) is 4.94. The fourth-order valence-corrected chi connectivity index (χ4v) is 3.58. The van der Waals surface area contributed by atoms with Crippen LogP contribution in [0.2, 0.25) is 0 Å². The number of nitrogens with one attached hydrogen (secondary N) is 1. The van der Waals surface area contributed by atoms with Gasteiger partial charge in [0.15, 0.2) is 0 Å². The van der Waals surface area contributed by atoms with Crippen molar-refractivity contribution in [3.05, 3.63) is 49.3 Å². The molecule has 0 saturated heterocycles. The Morgan fingerprint density at radius 2 is 2.25 bits per heavy atom. The summed E-state index contributed by atoms with van der Waals surface area (Å²) in [5.74, 6) is 5.74. The molecule has 0 spiro atoms. The lowest BCUT2D eigenvalue weighted by atomic mass is 10.0. The third-order valence-electron chi connectivity index (χ3n) is 3.35. The van der Waals surface area contributed by atoms with E-state index < -0.39 is 0 Å². The SMILES string of the molecule is CCc1nn(C)c(CC(NN)c2cccc(I)c2)c1Br. The van der Waals surface area contributed by atoms with Crippen molar-refractivity contribution in [3.63, 3.8) is 0 Å². The Morgan fingerprint density at radius 1 is 1.50 bits per heavy atom. The highest BCUT2D eigenvalue weighted by Gasteiger charge is 2.18. The van der Waals surface area contributed by atoms with Crippen LogP contribution in [0.1, 0.15) is 29.9 Å². The number of hydrogen-bond donors (Lipinski definition) is 2. The van der Waals surface area contributed by atoms with Gasteiger partial charge in [0.2, 0.25) is 0 Å². The molecule has 2 aromatic rings. The zero-order valence-corrected chi connectivity index (χ0v) is 15.3. The zero-order chi connectivity index (χ0) is 14.7. The second-order valence-corrected chi connectivity index (χ2v) is 6.70. The molecule has 1 aromatic carbocycles. The summed E-state index contributed by atoms with van der Waals surface area (Å²) in [6.07, 6.45) is 1.71. The molecule has 1 heterocycles. The van der Waals surface area contributed by atoms with Gasteiger partial charge in [0.1, 0.15) is 0 Å². The third kappa shape index (κ3) is 3.41. The van der Waals surface area contributed by atoms with Crippen molar-refractivity contribution >= 4 is 38.5 Å². The first-order chi connectivity index (χ1) is 9.56. The summed E-state index contributed by atoms with van der Waals surface area (Å²) in [6.45, 7) is 2.11. The summed E-state index contributed by atoms with van der Waals surface area (Å²) in [7, 11) is 1.97. The molecule has 0 amide bonds. The average molecular weight is 449 g/mol. The molecule has 4 nitrogen and oxygen atoms in total. The van der Waals surface area contributed by atoms with Gasteiger partial charge in [-0.25, -0.2) is 0 Å². The molecule has 0 radical (unpaired) electrons. The number of aryl methyl sites for hydroxylation is 2. The molecule has 0 saturated carbocycles. The molecule has 1 unspecified atom stereocenters. The number of hydrogen-bond acceptors (Lipinski definition) is 3. The van der Waals surface area contributed by atoms with Gasteiger partial charge in [0.05, 0.1) is 21.9 Å². The van der Waals surface area contributed by atoms with Gasteiger partial charge in [0.25, 0.3) is 0 Å². The van der Waals surface area contributed by atoms with Crippen molar-refractivity contribution in [2.24, 2.45) is 12.9 Å². The Balaban J connectivity index is 2.29. The zero-order valence-electron chi connectivity index (χ0n) is 11.5.